The van der Waals surface area contributed by atoms with Crippen molar-refractivity contribution < 1.29 is 19.5 Å². The average Bonchev–Trinajstić information content (AvgIpc) is 3.39. The van der Waals surface area contributed by atoms with Gasteiger partial charge in [0.2, 0.25) is 5.91 Å². The molecule has 9 heteroatoms. The molecule has 0 radical (unpaired) electrons. The van der Waals surface area contributed by atoms with Gasteiger partial charge in [-0.2, -0.15) is 5.26 Å². The number of hydrogen-bond acceptors (Lipinski definition) is 4. The van der Waals surface area contributed by atoms with Gasteiger partial charge in [-0.15, -0.1) is 0 Å². The van der Waals surface area contributed by atoms with Crippen molar-refractivity contribution in [2.45, 2.75) is 25.4 Å². The number of urea groups is 1. The molecule has 3 amide bonds. The smallest absolute Gasteiger partial charge is 0.335 e. The minimum atomic E-state index is -0.979. The molecular formula is C27H23ClN4O4. The molecule has 36 heavy (non-hydrogen) atoms. The van der Waals surface area contributed by atoms with Crippen LogP contribution >= 0.6 is 11.6 Å². The standard InChI is InChI=1S/C27H23ClN4O4/c28-23-12-3-17(14-21(23)15-29)16-30-27(36)32-13-1-2-24(32)25(33)31-22-10-8-19(9-11-22)18-4-6-20(7-5-18)26(34)35/h3-12,14,24H,1-2,13,16H2,(H,30,36)(H,31,33)(H,34,35)/t24-/m1/s1. The molecule has 3 N–H and O–H groups in total. The van der Waals surface area contributed by atoms with Crippen LogP contribution in [0.25, 0.3) is 11.1 Å². The normalized spacial score (nSPS) is 14.7. The summed E-state index contributed by atoms with van der Waals surface area (Å²) in [6.45, 7) is 0.684. The van der Waals surface area contributed by atoms with E-state index in [2.05, 4.69) is 10.6 Å². The fraction of sp³-hybridized carbons (Fsp3) is 0.185. The van der Waals surface area contributed by atoms with Crippen LogP contribution in [0.2, 0.25) is 5.02 Å². The van der Waals surface area contributed by atoms with E-state index in [1.807, 2.05) is 18.2 Å². The van der Waals surface area contributed by atoms with Crippen LogP contribution in [0.4, 0.5) is 10.5 Å². The number of carbonyl (C=O) groups excluding carboxylic acids is 2. The third kappa shape index (κ3) is 5.65. The van der Waals surface area contributed by atoms with E-state index in [1.165, 1.54) is 4.90 Å². The monoisotopic (exact) mass is 502 g/mol. The molecule has 4 rings (SSSR count). The van der Waals surface area contributed by atoms with Crippen molar-refractivity contribution in [1.82, 2.24) is 10.2 Å². The second-order valence-corrected chi connectivity index (χ2v) is 8.79. The highest BCUT2D eigenvalue weighted by atomic mass is 35.5. The second kappa shape index (κ2) is 10.9. The Balaban J connectivity index is 1.35. The van der Waals surface area contributed by atoms with Crippen molar-refractivity contribution >= 4 is 35.2 Å². The number of nitrogens with one attached hydrogen (secondary N) is 2. The third-order valence-corrected chi connectivity index (χ3v) is 6.36. The van der Waals surface area contributed by atoms with E-state index in [1.54, 1.807) is 54.6 Å². The van der Waals surface area contributed by atoms with Crippen LogP contribution in [0.15, 0.2) is 66.7 Å². The molecule has 0 aromatic heterocycles. The summed E-state index contributed by atoms with van der Waals surface area (Å²) in [6, 6.07) is 19.8. The van der Waals surface area contributed by atoms with E-state index in [0.717, 1.165) is 23.1 Å². The largest absolute Gasteiger partial charge is 0.478 e. The Kier molecular flexibility index (Phi) is 7.52. The first-order valence-electron chi connectivity index (χ1n) is 11.3. The number of likely N-dealkylation sites (tertiary alicyclic amines) is 1. The fourth-order valence-corrected chi connectivity index (χ4v) is 4.27. The number of nitriles is 1. The summed E-state index contributed by atoms with van der Waals surface area (Å²) < 4.78 is 0. The Morgan fingerprint density at radius 2 is 1.69 bits per heavy atom. The van der Waals surface area contributed by atoms with Crippen LogP contribution in [-0.2, 0) is 11.3 Å². The number of carbonyl (C=O) groups is 3. The molecule has 0 bridgehead atoms. The molecule has 0 unspecified atom stereocenters. The Hall–Kier alpha value is -4.35. The van der Waals surface area contributed by atoms with E-state index >= 15 is 0 Å². The summed E-state index contributed by atoms with van der Waals surface area (Å²) in [5, 5.41) is 24.2. The predicted molar refractivity (Wildman–Crippen MR) is 136 cm³/mol. The number of carboxylic acids is 1. The van der Waals surface area contributed by atoms with Crippen LogP contribution in [0, 0.1) is 11.3 Å². The zero-order valence-electron chi connectivity index (χ0n) is 19.2. The first-order chi connectivity index (χ1) is 17.4. The number of hydrogen-bond donors (Lipinski definition) is 3. The lowest BCUT2D eigenvalue weighted by Crippen LogP contribution is -2.47. The minimum absolute atomic E-state index is 0.213. The molecule has 1 aliphatic rings. The van der Waals surface area contributed by atoms with Crippen molar-refractivity contribution in [3.8, 4) is 17.2 Å². The summed E-state index contributed by atoms with van der Waals surface area (Å²) in [5.41, 5.74) is 3.64. The summed E-state index contributed by atoms with van der Waals surface area (Å²) in [7, 11) is 0. The van der Waals surface area contributed by atoms with Crippen LogP contribution < -0.4 is 10.6 Å². The SMILES string of the molecule is N#Cc1cc(CNC(=O)N2CCC[C@@H]2C(=O)Nc2ccc(-c3ccc(C(=O)O)cc3)cc2)ccc1Cl. The third-order valence-electron chi connectivity index (χ3n) is 6.03. The Bertz CT molecular complexity index is 1330. The summed E-state index contributed by atoms with van der Waals surface area (Å²) in [5.74, 6) is -1.24. The Morgan fingerprint density at radius 1 is 1.03 bits per heavy atom. The van der Waals surface area contributed by atoms with E-state index in [-0.39, 0.29) is 24.0 Å². The van der Waals surface area contributed by atoms with Crippen molar-refractivity contribution in [3.63, 3.8) is 0 Å². The van der Waals surface area contributed by atoms with Gasteiger partial charge in [0.1, 0.15) is 12.1 Å². The molecule has 1 heterocycles. The van der Waals surface area contributed by atoms with Crippen LogP contribution in [0.1, 0.15) is 34.3 Å². The van der Waals surface area contributed by atoms with Gasteiger partial charge < -0.3 is 20.6 Å². The Labute approximate surface area is 213 Å². The van der Waals surface area contributed by atoms with Crippen molar-refractivity contribution in [2.24, 2.45) is 0 Å². The number of anilines is 1. The molecule has 182 valence electrons. The molecule has 3 aromatic rings. The average molecular weight is 503 g/mol. The first kappa shape index (κ1) is 24.8. The minimum Gasteiger partial charge on any atom is -0.478 e. The van der Waals surface area contributed by atoms with Crippen LogP contribution in [0.5, 0.6) is 0 Å². The van der Waals surface area contributed by atoms with Crippen LogP contribution in [0.3, 0.4) is 0 Å². The van der Waals surface area contributed by atoms with Crippen molar-refractivity contribution in [1.29, 1.82) is 5.26 Å². The fourth-order valence-electron chi connectivity index (χ4n) is 4.11. The maximum atomic E-state index is 12.9. The lowest BCUT2D eigenvalue weighted by atomic mass is 10.0. The van der Waals surface area contributed by atoms with Gasteiger partial charge in [-0.25, -0.2) is 9.59 Å². The van der Waals surface area contributed by atoms with Gasteiger partial charge in [-0.1, -0.05) is 41.9 Å². The van der Waals surface area contributed by atoms with E-state index in [9.17, 15) is 14.4 Å². The number of amides is 3. The van der Waals surface area contributed by atoms with Gasteiger partial charge in [0, 0.05) is 18.8 Å². The number of aromatic carboxylic acids is 1. The lowest BCUT2D eigenvalue weighted by molar-refractivity contribution is -0.119. The van der Waals surface area contributed by atoms with Gasteiger partial charge in [-0.3, -0.25) is 4.79 Å². The zero-order chi connectivity index (χ0) is 25.7. The second-order valence-electron chi connectivity index (χ2n) is 8.39. The predicted octanol–water partition coefficient (Wildman–Crippen LogP) is 4.89. The molecule has 0 saturated carbocycles. The zero-order valence-corrected chi connectivity index (χ0v) is 20.0. The number of carboxylic acid groups (broad SMARTS) is 1. The molecule has 1 saturated heterocycles. The highest BCUT2D eigenvalue weighted by Gasteiger charge is 2.34. The van der Waals surface area contributed by atoms with Gasteiger partial charge in [-0.05, 0) is 65.9 Å². The number of benzene rings is 3. The van der Waals surface area contributed by atoms with E-state index in [4.69, 9.17) is 22.0 Å². The van der Waals surface area contributed by atoms with Gasteiger partial charge >= 0.3 is 12.0 Å². The molecule has 1 aliphatic heterocycles. The van der Waals surface area contributed by atoms with E-state index < -0.39 is 12.0 Å². The molecule has 0 spiro atoms. The number of nitrogens with zero attached hydrogens (tertiary/aromatic N) is 2. The van der Waals surface area contributed by atoms with Crippen LogP contribution in [-0.4, -0.2) is 40.5 Å². The van der Waals surface area contributed by atoms with Gasteiger partial charge in [0.25, 0.3) is 0 Å². The van der Waals surface area contributed by atoms with Gasteiger partial charge in [0.05, 0.1) is 16.1 Å². The summed E-state index contributed by atoms with van der Waals surface area (Å²) >= 11 is 5.96. The molecule has 1 fully saturated rings. The first-order valence-corrected chi connectivity index (χ1v) is 11.7. The highest BCUT2D eigenvalue weighted by Crippen LogP contribution is 2.24. The highest BCUT2D eigenvalue weighted by molar-refractivity contribution is 6.31. The topological polar surface area (TPSA) is 123 Å². The molecule has 0 aliphatic carbocycles. The van der Waals surface area contributed by atoms with Crippen molar-refractivity contribution in [3.05, 3.63) is 88.4 Å². The lowest BCUT2D eigenvalue weighted by Gasteiger charge is -2.24. The molecule has 8 nitrogen and oxygen atoms in total. The van der Waals surface area contributed by atoms with E-state index in [0.29, 0.717) is 29.2 Å². The number of halogens is 1. The maximum Gasteiger partial charge on any atom is 0.335 e. The quantitative estimate of drug-likeness (QED) is 0.443. The molecular weight excluding hydrogens is 480 g/mol. The summed E-state index contributed by atoms with van der Waals surface area (Å²) in [6.07, 6.45) is 1.28. The molecule has 1 atom stereocenters. The number of rotatable bonds is 6. The van der Waals surface area contributed by atoms with Crippen molar-refractivity contribution in [2.75, 3.05) is 11.9 Å². The van der Waals surface area contributed by atoms with Gasteiger partial charge in [0.15, 0.2) is 0 Å². The maximum absolute atomic E-state index is 12.9. The molecule has 3 aromatic carbocycles. The summed E-state index contributed by atoms with van der Waals surface area (Å²) in [4.78, 5) is 38.3. The Morgan fingerprint density at radius 3 is 2.33 bits per heavy atom.